The molecule has 0 heterocycles. The van der Waals surface area contributed by atoms with E-state index in [2.05, 4.69) is 49.2 Å². The lowest BCUT2D eigenvalue weighted by Crippen LogP contribution is -2.24. The number of hydrogen-bond donors (Lipinski definition) is 1. The zero-order valence-corrected chi connectivity index (χ0v) is 13.5. The number of anilines is 1. The van der Waals surface area contributed by atoms with Gasteiger partial charge in [-0.3, -0.25) is 0 Å². The Bertz CT molecular complexity index is 583. The molecule has 0 amide bonds. The molecule has 0 aliphatic carbocycles. The lowest BCUT2D eigenvalue weighted by Gasteiger charge is -2.24. The maximum atomic E-state index is 6.11. The van der Waals surface area contributed by atoms with Crippen molar-refractivity contribution in [3.05, 3.63) is 64.7 Å². The van der Waals surface area contributed by atoms with Crippen LogP contribution in [0.1, 0.15) is 24.5 Å². The summed E-state index contributed by atoms with van der Waals surface area (Å²) in [5.41, 5.74) is 9.86. The van der Waals surface area contributed by atoms with E-state index in [1.165, 1.54) is 16.8 Å². The highest BCUT2D eigenvalue weighted by Gasteiger charge is 2.10. The Balaban J connectivity index is 2.17. The maximum Gasteiger partial charge on any atom is 0.0426 e. The molecule has 2 aromatic rings. The highest BCUT2D eigenvalue weighted by atomic mass is 35.5. The molecule has 0 saturated carbocycles. The molecule has 1 unspecified atom stereocenters. The van der Waals surface area contributed by atoms with Crippen LogP contribution in [-0.2, 0) is 13.0 Å². The third-order valence-electron chi connectivity index (χ3n) is 3.72. The van der Waals surface area contributed by atoms with Crippen LogP contribution in [-0.4, -0.2) is 13.1 Å². The summed E-state index contributed by atoms with van der Waals surface area (Å²) in [6.07, 6.45) is 1.90. The minimum Gasteiger partial charge on any atom is -0.370 e. The number of halogens is 1. The molecular weight excluding hydrogens is 280 g/mol. The topological polar surface area (TPSA) is 29.3 Å². The first-order valence-corrected chi connectivity index (χ1v) is 7.77. The Morgan fingerprint density at radius 2 is 1.90 bits per heavy atom. The molecule has 0 radical (unpaired) electrons. The van der Waals surface area contributed by atoms with Gasteiger partial charge in [0, 0.05) is 30.3 Å². The van der Waals surface area contributed by atoms with E-state index < -0.39 is 0 Å². The fraction of sp³-hybridized carbons (Fsp3) is 0.333. The van der Waals surface area contributed by atoms with Crippen molar-refractivity contribution >= 4 is 17.3 Å². The predicted molar refractivity (Wildman–Crippen MR) is 92.0 cm³/mol. The molecule has 112 valence electrons. The number of para-hydroxylation sites is 1. The molecular formula is C18H23ClN2. The van der Waals surface area contributed by atoms with Crippen LogP contribution in [0, 0.1) is 0 Å². The van der Waals surface area contributed by atoms with Crippen molar-refractivity contribution < 1.29 is 0 Å². The third kappa shape index (κ3) is 4.48. The standard InChI is InChI=1S/C18H23ClN2/c1-3-17(20)12-15-8-4-5-10-18(15)21(2)13-14-7-6-9-16(19)11-14/h4-11,17H,3,12-13,20H2,1-2H3. The first-order chi connectivity index (χ1) is 10.1. The summed E-state index contributed by atoms with van der Waals surface area (Å²) in [5, 5.41) is 0.780. The largest absolute Gasteiger partial charge is 0.370 e. The normalized spacial score (nSPS) is 12.2. The van der Waals surface area contributed by atoms with Gasteiger partial charge in [-0.05, 0) is 42.2 Å². The number of nitrogens with zero attached hydrogens (tertiary/aromatic N) is 1. The number of benzene rings is 2. The highest BCUT2D eigenvalue weighted by Crippen LogP contribution is 2.23. The first kappa shape index (κ1) is 15.9. The van der Waals surface area contributed by atoms with Gasteiger partial charge in [-0.25, -0.2) is 0 Å². The SMILES string of the molecule is CCC(N)Cc1ccccc1N(C)Cc1cccc(Cl)c1. The molecule has 0 fully saturated rings. The van der Waals surface area contributed by atoms with Crippen LogP contribution in [0.2, 0.25) is 5.02 Å². The molecule has 0 bridgehead atoms. The van der Waals surface area contributed by atoms with Crippen LogP contribution in [0.3, 0.4) is 0 Å². The monoisotopic (exact) mass is 302 g/mol. The third-order valence-corrected chi connectivity index (χ3v) is 3.95. The Kier molecular flexibility index (Phi) is 5.66. The number of hydrogen-bond acceptors (Lipinski definition) is 2. The second-order valence-corrected chi connectivity index (χ2v) is 5.92. The second-order valence-electron chi connectivity index (χ2n) is 5.49. The fourth-order valence-electron chi connectivity index (χ4n) is 2.48. The fourth-order valence-corrected chi connectivity index (χ4v) is 2.69. The van der Waals surface area contributed by atoms with Crippen molar-refractivity contribution in [2.24, 2.45) is 5.73 Å². The van der Waals surface area contributed by atoms with E-state index in [0.29, 0.717) is 0 Å². The van der Waals surface area contributed by atoms with E-state index in [0.717, 1.165) is 24.4 Å². The van der Waals surface area contributed by atoms with Gasteiger partial charge in [-0.2, -0.15) is 0 Å². The summed E-state index contributed by atoms with van der Waals surface area (Å²) in [7, 11) is 2.11. The van der Waals surface area contributed by atoms with Crippen LogP contribution in [0.4, 0.5) is 5.69 Å². The molecule has 0 saturated heterocycles. The lowest BCUT2D eigenvalue weighted by molar-refractivity contribution is 0.645. The minimum atomic E-state index is 0.214. The van der Waals surface area contributed by atoms with Crippen LogP contribution in [0.25, 0.3) is 0 Å². The molecule has 1 atom stereocenters. The van der Waals surface area contributed by atoms with E-state index >= 15 is 0 Å². The van der Waals surface area contributed by atoms with Crippen molar-refractivity contribution in [3.8, 4) is 0 Å². The molecule has 3 heteroatoms. The summed E-state index contributed by atoms with van der Waals surface area (Å²) in [6, 6.07) is 16.7. The summed E-state index contributed by atoms with van der Waals surface area (Å²) in [4.78, 5) is 2.25. The predicted octanol–water partition coefficient (Wildman–Crippen LogP) is 4.26. The molecule has 2 rings (SSSR count). The van der Waals surface area contributed by atoms with Gasteiger partial charge in [0.2, 0.25) is 0 Å². The number of rotatable bonds is 6. The van der Waals surface area contributed by atoms with Gasteiger partial charge in [0.1, 0.15) is 0 Å². The van der Waals surface area contributed by atoms with Crippen molar-refractivity contribution in [1.82, 2.24) is 0 Å². The molecule has 2 nitrogen and oxygen atoms in total. The van der Waals surface area contributed by atoms with Crippen LogP contribution in [0.5, 0.6) is 0 Å². The van der Waals surface area contributed by atoms with Gasteiger partial charge in [0.25, 0.3) is 0 Å². The lowest BCUT2D eigenvalue weighted by atomic mass is 10.0. The van der Waals surface area contributed by atoms with Gasteiger partial charge in [-0.1, -0.05) is 48.9 Å². The summed E-state index contributed by atoms with van der Waals surface area (Å²) in [6.45, 7) is 2.96. The number of nitrogens with two attached hydrogens (primary N) is 1. The zero-order valence-electron chi connectivity index (χ0n) is 12.7. The van der Waals surface area contributed by atoms with Gasteiger partial charge in [0.15, 0.2) is 0 Å². The Morgan fingerprint density at radius 3 is 2.62 bits per heavy atom. The van der Waals surface area contributed by atoms with Crippen LogP contribution < -0.4 is 10.6 Å². The average Bonchev–Trinajstić information content (AvgIpc) is 2.47. The molecule has 0 aliphatic heterocycles. The molecule has 0 spiro atoms. The Labute approximate surface area is 132 Å². The molecule has 0 aromatic heterocycles. The minimum absolute atomic E-state index is 0.214. The Hall–Kier alpha value is -1.51. The van der Waals surface area contributed by atoms with E-state index in [1.807, 2.05) is 18.2 Å². The van der Waals surface area contributed by atoms with E-state index in [4.69, 9.17) is 17.3 Å². The second kappa shape index (κ2) is 7.48. The van der Waals surface area contributed by atoms with Gasteiger partial charge in [0.05, 0.1) is 0 Å². The zero-order chi connectivity index (χ0) is 15.2. The van der Waals surface area contributed by atoms with Gasteiger partial charge in [-0.15, -0.1) is 0 Å². The van der Waals surface area contributed by atoms with Crippen LogP contribution in [0.15, 0.2) is 48.5 Å². The van der Waals surface area contributed by atoms with Crippen LogP contribution >= 0.6 is 11.6 Å². The molecule has 21 heavy (non-hydrogen) atoms. The summed E-state index contributed by atoms with van der Waals surface area (Å²) >= 11 is 6.06. The highest BCUT2D eigenvalue weighted by molar-refractivity contribution is 6.30. The maximum absolute atomic E-state index is 6.11. The van der Waals surface area contributed by atoms with Crippen molar-refractivity contribution in [2.75, 3.05) is 11.9 Å². The quantitative estimate of drug-likeness (QED) is 0.864. The van der Waals surface area contributed by atoms with Crippen molar-refractivity contribution in [2.45, 2.75) is 32.4 Å². The Morgan fingerprint density at radius 1 is 1.14 bits per heavy atom. The summed E-state index contributed by atoms with van der Waals surface area (Å²) in [5.74, 6) is 0. The molecule has 2 N–H and O–H groups in total. The molecule has 0 aliphatic rings. The van der Waals surface area contributed by atoms with Crippen molar-refractivity contribution in [3.63, 3.8) is 0 Å². The van der Waals surface area contributed by atoms with E-state index in [9.17, 15) is 0 Å². The average molecular weight is 303 g/mol. The smallest absolute Gasteiger partial charge is 0.0426 e. The van der Waals surface area contributed by atoms with E-state index in [-0.39, 0.29) is 6.04 Å². The van der Waals surface area contributed by atoms with Crippen molar-refractivity contribution in [1.29, 1.82) is 0 Å². The van der Waals surface area contributed by atoms with Gasteiger partial charge < -0.3 is 10.6 Å². The first-order valence-electron chi connectivity index (χ1n) is 7.39. The summed E-state index contributed by atoms with van der Waals surface area (Å²) < 4.78 is 0. The van der Waals surface area contributed by atoms with Gasteiger partial charge >= 0.3 is 0 Å². The molecule has 2 aromatic carbocycles. The van der Waals surface area contributed by atoms with E-state index in [1.54, 1.807) is 0 Å².